The molecule has 0 aromatic rings. The Morgan fingerprint density at radius 1 is 1.00 bits per heavy atom. The second kappa shape index (κ2) is 18.2. The first-order valence-electron chi connectivity index (χ1n) is 9.02. The second-order valence-electron chi connectivity index (χ2n) is 5.81. The van der Waals surface area contributed by atoms with Gasteiger partial charge in [-0.05, 0) is 7.05 Å². The Morgan fingerprint density at radius 2 is 1.50 bits per heavy atom. The van der Waals surface area contributed by atoms with E-state index in [-0.39, 0.29) is 12.2 Å². The fourth-order valence-electron chi connectivity index (χ4n) is 2.28. The summed E-state index contributed by atoms with van der Waals surface area (Å²) in [4.78, 5) is 30.5. The van der Waals surface area contributed by atoms with Crippen molar-refractivity contribution < 1.29 is 19.1 Å². The highest BCUT2D eigenvalue weighted by Gasteiger charge is 2.15. The van der Waals surface area contributed by atoms with Gasteiger partial charge in [0, 0.05) is 72.5 Å². The fraction of sp³-hybridized carbons (Fsp3) is 0.875. The summed E-state index contributed by atoms with van der Waals surface area (Å²) in [7, 11) is 3.72. The van der Waals surface area contributed by atoms with Gasteiger partial charge >= 0.3 is 12.2 Å². The Balaban J connectivity index is 0.000000345. The van der Waals surface area contributed by atoms with E-state index in [2.05, 4.69) is 30.9 Å². The molecule has 0 atom stereocenters. The maximum Gasteiger partial charge on any atom is 0.409 e. The highest BCUT2D eigenvalue weighted by atomic mass is 16.6. The van der Waals surface area contributed by atoms with Gasteiger partial charge in [-0.1, -0.05) is 0 Å². The standard InChI is InChI=1S/C7H17N3.C4H10N2.C4H7NO2.CO2/c1-8-2-5-10-6-3-9-4-7-10;1-2-6-4-3-5-1;1-5-2-3-7-4(5)6;2-1-3/h8-9H,2-7H2,1H3;5-6H,1-4H2;2-3H2,1H3;. The number of carbonyl (C=O) groups excluding carboxylic acids is 3. The number of nitrogens with one attached hydrogen (secondary N) is 4. The number of likely N-dealkylation sites (N-methyl/N-ethyl adjacent to an activating group) is 2. The summed E-state index contributed by atoms with van der Waals surface area (Å²) in [5.74, 6) is 0. The van der Waals surface area contributed by atoms with Gasteiger partial charge < -0.3 is 30.9 Å². The van der Waals surface area contributed by atoms with Crippen molar-refractivity contribution in [2.75, 3.05) is 92.7 Å². The van der Waals surface area contributed by atoms with Crippen LogP contribution in [0, 0.1) is 0 Å². The molecule has 3 rings (SSSR count). The van der Waals surface area contributed by atoms with Gasteiger partial charge in [0.15, 0.2) is 0 Å². The number of nitrogens with zero attached hydrogens (tertiary/aromatic N) is 2. The summed E-state index contributed by atoms with van der Waals surface area (Å²) in [5.41, 5.74) is 0. The molecule has 0 unspecified atom stereocenters. The lowest BCUT2D eigenvalue weighted by molar-refractivity contribution is -0.191. The van der Waals surface area contributed by atoms with Crippen LogP contribution in [-0.2, 0) is 14.3 Å². The van der Waals surface area contributed by atoms with Crippen LogP contribution in [0.2, 0.25) is 0 Å². The van der Waals surface area contributed by atoms with Crippen molar-refractivity contribution >= 4 is 12.2 Å². The molecule has 0 spiro atoms. The molecule has 10 heteroatoms. The number of cyclic esters (lactones) is 1. The minimum Gasteiger partial charge on any atom is -0.448 e. The van der Waals surface area contributed by atoms with Gasteiger partial charge in [0.1, 0.15) is 6.61 Å². The van der Waals surface area contributed by atoms with Crippen LogP contribution in [0.3, 0.4) is 0 Å². The van der Waals surface area contributed by atoms with Crippen molar-refractivity contribution in [1.82, 2.24) is 31.1 Å². The van der Waals surface area contributed by atoms with Crippen LogP contribution in [0.15, 0.2) is 0 Å². The minimum absolute atomic E-state index is 0.208. The van der Waals surface area contributed by atoms with Crippen LogP contribution in [0.5, 0.6) is 0 Å². The molecule has 0 radical (unpaired) electrons. The SMILES string of the molecule is C1CNCCN1.CN1CCOC1=O.CNCCN1CCNCC1.O=C=O. The zero-order chi connectivity index (χ0) is 19.5. The highest BCUT2D eigenvalue weighted by Crippen LogP contribution is 1.96. The third-order valence-electron chi connectivity index (χ3n) is 3.81. The number of hydrogen-bond donors (Lipinski definition) is 4. The predicted octanol–water partition coefficient (Wildman–Crippen LogP) is -2.22. The van der Waals surface area contributed by atoms with E-state index >= 15 is 0 Å². The second-order valence-corrected chi connectivity index (χ2v) is 5.81. The van der Waals surface area contributed by atoms with Crippen LogP contribution >= 0.6 is 0 Å². The lowest BCUT2D eigenvalue weighted by atomic mass is 10.3. The molecule has 0 aromatic carbocycles. The number of amides is 1. The Kier molecular flexibility index (Phi) is 17.2. The van der Waals surface area contributed by atoms with Crippen molar-refractivity contribution in [3.8, 4) is 0 Å². The summed E-state index contributed by atoms with van der Waals surface area (Å²) in [6, 6.07) is 0. The normalized spacial score (nSPS) is 19.5. The fourth-order valence-corrected chi connectivity index (χ4v) is 2.28. The van der Waals surface area contributed by atoms with Crippen LogP contribution in [0.25, 0.3) is 0 Å². The molecule has 0 aromatic heterocycles. The largest absolute Gasteiger partial charge is 0.448 e. The summed E-state index contributed by atoms with van der Waals surface area (Å²) < 4.78 is 4.55. The van der Waals surface area contributed by atoms with Gasteiger partial charge in [-0.25, -0.2) is 4.79 Å². The van der Waals surface area contributed by atoms with Crippen LogP contribution in [0.1, 0.15) is 0 Å². The van der Waals surface area contributed by atoms with Gasteiger partial charge in [-0.15, -0.1) is 0 Å². The molecular formula is C16H34N6O4. The van der Waals surface area contributed by atoms with E-state index in [4.69, 9.17) is 9.59 Å². The van der Waals surface area contributed by atoms with Crippen LogP contribution < -0.4 is 21.3 Å². The van der Waals surface area contributed by atoms with E-state index in [9.17, 15) is 4.79 Å². The number of hydrogen-bond acceptors (Lipinski definition) is 9. The van der Waals surface area contributed by atoms with Gasteiger partial charge in [-0.3, -0.25) is 4.90 Å². The number of carbonyl (C=O) groups is 1. The molecule has 3 fully saturated rings. The van der Waals surface area contributed by atoms with Crippen molar-refractivity contribution in [2.24, 2.45) is 0 Å². The molecule has 0 aliphatic carbocycles. The quantitative estimate of drug-likeness (QED) is 0.436. The topological polar surface area (TPSA) is 115 Å². The molecular weight excluding hydrogens is 340 g/mol. The van der Waals surface area contributed by atoms with E-state index in [0.717, 1.165) is 52.4 Å². The van der Waals surface area contributed by atoms with Gasteiger partial charge in [0.25, 0.3) is 0 Å². The Morgan fingerprint density at radius 3 is 1.81 bits per heavy atom. The predicted molar refractivity (Wildman–Crippen MR) is 98.0 cm³/mol. The third-order valence-corrected chi connectivity index (χ3v) is 3.81. The van der Waals surface area contributed by atoms with Gasteiger partial charge in [0.2, 0.25) is 0 Å². The highest BCUT2D eigenvalue weighted by molar-refractivity contribution is 5.68. The van der Waals surface area contributed by atoms with E-state index < -0.39 is 0 Å². The monoisotopic (exact) mass is 374 g/mol. The molecule has 3 saturated heterocycles. The van der Waals surface area contributed by atoms with Crippen molar-refractivity contribution in [1.29, 1.82) is 0 Å². The summed E-state index contributed by atoms with van der Waals surface area (Å²) in [6.45, 7) is 12.9. The van der Waals surface area contributed by atoms with Crippen molar-refractivity contribution in [2.45, 2.75) is 0 Å². The molecule has 3 aliphatic heterocycles. The average Bonchev–Trinajstić information content (AvgIpc) is 3.07. The number of ether oxygens (including phenoxy) is 1. The molecule has 1 amide bonds. The first kappa shape index (κ1) is 24.5. The first-order chi connectivity index (χ1) is 12.7. The molecule has 4 N–H and O–H groups in total. The average molecular weight is 374 g/mol. The van der Waals surface area contributed by atoms with E-state index in [1.807, 2.05) is 7.05 Å². The first-order valence-corrected chi connectivity index (χ1v) is 9.02. The van der Waals surface area contributed by atoms with Crippen molar-refractivity contribution in [3.05, 3.63) is 0 Å². The molecule has 26 heavy (non-hydrogen) atoms. The van der Waals surface area contributed by atoms with Crippen LogP contribution in [-0.4, -0.2) is 115 Å². The smallest absolute Gasteiger partial charge is 0.409 e. The maximum absolute atomic E-state index is 10.3. The number of rotatable bonds is 3. The number of piperazine rings is 2. The van der Waals surface area contributed by atoms with E-state index in [1.54, 1.807) is 11.9 Å². The maximum atomic E-state index is 10.3. The molecule has 10 nitrogen and oxygen atoms in total. The lowest BCUT2D eigenvalue weighted by Crippen LogP contribution is -2.45. The molecule has 3 heterocycles. The van der Waals surface area contributed by atoms with Gasteiger partial charge in [0.05, 0.1) is 6.54 Å². The van der Waals surface area contributed by atoms with E-state index in [1.165, 1.54) is 19.6 Å². The van der Waals surface area contributed by atoms with Gasteiger partial charge in [-0.2, -0.15) is 9.59 Å². The molecule has 0 bridgehead atoms. The van der Waals surface area contributed by atoms with Crippen molar-refractivity contribution in [3.63, 3.8) is 0 Å². The Labute approximate surface area is 156 Å². The summed E-state index contributed by atoms with van der Waals surface area (Å²) in [5, 5.41) is 12.9. The zero-order valence-electron chi connectivity index (χ0n) is 16.0. The van der Waals surface area contributed by atoms with Crippen LogP contribution in [0.4, 0.5) is 4.79 Å². The molecule has 0 saturated carbocycles. The Hall–Kier alpha value is -1.55. The van der Waals surface area contributed by atoms with E-state index in [0.29, 0.717) is 6.61 Å². The molecule has 152 valence electrons. The summed E-state index contributed by atoms with van der Waals surface area (Å²) in [6.07, 6.45) is 0.0417. The zero-order valence-corrected chi connectivity index (χ0v) is 16.0. The molecule has 3 aliphatic rings. The Bertz CT molecular complexity index is 358. The minimum atomic E-state index is -0.208. The third kappa shape index (κ3) is 14.8. The summed E-state index contributed by atoms with van der Waals surface area (Å²) >= 11 is 0. The lowest BCUT2D eigenvalue weighted by Gasteiger charge is -2.26.